The summed E-state index contributed by atoms with van der Waals surface area (Å²) in [5.41, 5.74) is -0.921. The highest BCUT2D eigenvalue weighted by molar-refractivity contribution is 6.10. The van der Waals surface area contributed by atoms with E-state index < -0.39 is 35.7 Å². The third-order valence-corrected chi connectivity index (χ3v) is 3.93. The van der Waals surface area contributed by atoms with Crippen LogP contribution < -0.4 is 10.6 Å². The van der Waals surface area contributed by atoms with Gasteiger partial charge in [-0.15, -0.1) is 0 Å². The molecule has 2 N–H and O–H groups in total. The van der Waals surface area contributed by atoms with Gasteiger partial charge in [0.05, 0.1) is 0 Å². The Labute approximate surface area is 142 Å². The Bertz CT molecular complexity index is 826. The van der Waals surface area contributed by atoms with Crippen molar-refractivity contribution < 1.29 is 18.8 Å². The van der Waals surface area contributed by atoms with Crippen molar-refractivity contribution in [2.75, 3.05) is 11.9 Å². The maximum absolute atomic E-state index is 13.1. The molecule has 4 amide bonds. The quantitative estimate of drug-likeness (QED) is 0.826. The molecule has 7 nitrogen and oxygen atoms in total. The first-order valence-electron chi connectivity index (χ1n) is 7.51. The number of imide groups is 1. The van der Waals surface area contributed by atoms with Gasteiger partial charge in [-0.3, -0.25) is 14.5 Å². The number of aromatic nitrogens is 1. The van der Waals surface area contributed by atoms with Crippen LogP contribution in [0.4, 0.5) is 15.0 Å². The Hall–Kier alpha value is -3.29. The van der Waals surface area contributed by atoms with E-state index in [4.69, 9.17) is 0 Å². The Balaban J connectivity index is 1.75. The average Bonchev–Trinajstić information content (AvgIpc) is 2.80. The summed E-state index contributed by atoms with van der Waals surface area (Å²) in [7, 11) is 0. The van der Waals surface area contributed by atoms with Gasteiger partial charge in [-0.2, -0.15) is 0 Å². The van der Waals surface area contributed by atoms with Crippen LogP contribution in [0.15, 0.2) is 48.7 Å². The van der Waals surface area contributed by atoms with Crippen LogP contribution >= 0.6 is 0 Å². The number of hydrogen-bond donors (Lipinski definition) is 2. The third kappa shape index (κ3) is 3.18. The van der Waals surface area contributed by atoms with Gasteiger partial charge in [0.2, 0.25) is 5.91 Å². The highest BCUT2D eigenvalue weighted by atomic mass is 19.1. The molecular weight excluding hydrogens is 327 g/mol. The van der Waals surface area contributed by atoms with E-state index in [2.05, 4.69) is 15.6 Å². The first-order valence-corrected chi connectivity index (χ1v) is 7.51. The molecule has 0 aliphatic carbocycles. The van der Waals surface area contributed by atoms with Crippen LogP contribution in [0.1, 0.15) is 12.5 Å². The molecule has 128 valence electrons. The van der Waals surface area contributed by atoms with Crippen LogP contribution in [0.3, 0.4) is 0 Å². The van der Waals surface area contributed by atoms with Crippen molar-refractivity contribution in [2.24, 2.45) is 0 Å². The Morgan fingerprint density at radius 2 is 1.96 bits per heavy atom. The van der Waals surface area contributed by atoms with Crippen molar-refractivity contribution in [2.45, 2.75) is 12.5 Å². The van der Waals surface area contributed by atoms with Crippen molar-refractivity contribution in [1.29, 1.82) is 0 Å². The van der Waals surface area contributed by atoms with Gasteiger partial charge in [0.1, 0.15) is 23.7 Å². The smallest absolute Gasteiger partial charge is 0.319 e. The second-order valence-electron chi connectivity index (χ2n) is 5.72. The number of carbonyl (C=O) groups excluding carboxylic acids is 3. The van der Waals surface area contributed by atoms with Gasteiger partial charge < -0.3 is 10.6 Å². The molecule has 2 aromatic rings. The molecule has 3 rings (SSSR count). The number of benzene rings is 1. The van der Waals surface area contributed by atoms with Crippen molar-refractivity contribution in [3.63, 3.8) is 0 Å². The predicted molar refractivity (Wildman–Crippen MR) is 86.9 cm³/mol. The van der Waals surface area contributed by atoms with E-state index in [-0.39, 0.29) is 0 Å². The molecule has 0 radical (unpaired) electrons. The van der Waals surface area contributed by atoms with Gasteiger partial charge in [-0.25, -0.2) is 14.2 Å². The molecule has 1 aromatic carbocycles. The molecule has 1 aliphatic rings. The van der Waals surface area contributed by atoms with Gasteiger partial charge in [-0.05, 0) is 36.8 Å². The first-order chi connectivity index (χ1) is 11.9. The molecule has 1 saturated heterocycles. The lowest BCUT2D eigenvalue weighted by Gasteiger charge is -2.22. The molecule has 2 heterocycles. The van der Waals surface area contributed by atoms with Gasteiger partial charge in [-0.1, -0.05) is 18.2 Å². The molecule has 0 spiro atoms. The summed E-state index contributed by atoms with van der Waals surface area (Å²) in [5.74, 6) is -1.26. The van der Waals surface area contributed by atoms with Gasteiger partial charge in [0.15, 0.2) is 0 Å². The fourth-order valence-electron chi connectivity index (χ4n) is 2.58. The molecule has 1 atom stereocenters. The molecule has 1 aromatic heterocycles. The van der Waals surface area contributed by atoms with Crippen LogP contribution in [-0.4, -0.2) is 34.3 Å². The number of hydrogen-bond acceptors (Lipinski definition) is 4. The normalized spacial score (nSPS) is 19.7. The minimum Gasteiger partial charge on any atom is -0.319 e. The van der Waals surface area contributed by atoms with E-state index in [0.29, 0.717) is 11.4 Å². The molecule has 8 heteroatoms. The number of nitrogens with zero attached hydrogens (tertiary/aromatic N) is 2. The molecule has 25 heavy (non-hydrogen) atoms. The summed E-state index contributed by atoms with van der Waals surface area (Å²) in [6.45, 7) is 1.06. The Morgan fingerprint density at radius 3 is 2.60 bits per heavy atom. The zero-order valence-corrected chi connectivity index (χ0v) is 13.3. The number of nitrogens with one attached hydrogen (secondary N) is 2. The summed E-state index contributed by atoms with van der Waals surface area (Å²) in [6, 6.07) is 9.55. The topological polar surface area (TPSA) is 91.4 Å². The van der Waals surface area contributed by atoms with E-state index in [9.17, 15) is 18.8 Å². The second-order valence-corrected chi connectivity index (χ2v) is 5.72. The fraction of sp³-hybridized carbons (Fsp3) is 0.176. The summed E-state index contributed by atoms with van der Waals surface area (Å²) in [4.78, 5) is 41.7. The monoisotopic (exact) mass is 342 g/mol. The zero-order valence-electron chi connectivity index (χ0n) is 13.3. The number of amides is 4. The van der Waals surface area contributed by atoms with Gasteiger partial charge in [0.25, 0.3) is 5.91 Å². The number of pyridine rings is 1. The minimum absolute atomic E-state index is 0.320. The van der Waals surface area contributed by atoms with Crippen molar-refractivity contribution >= 4 is 23.7 Å². The zero-order chi connectivity index (χ0) is 18.0. The molecule has 1 fully saturated rings. The number of urea groups is 1. The second kappa shape index (κ2) is 6.31. The number of rotatable bonds is 4. The fourth-order valence-corrected chi connectivity index (χ4v) is 2.58. The van der Waals surface area contributed by atoms with Crippen LogP contribution in [0.2, 0.25) is 0 Å². The van der Waals surface area contributed by atoms with Crippen molar-refractivity contribution in [3.05, 3.63) is 60.0 Å². The first kappa shape index (κ1) is 16.6. The SMILES string of the molecule is CC1(c2ccc(F)cc2)NC(=O)N(CC(=O)Nc2ccccn2)C1=O. The van der Waals surface area contributed by atoms with E-state index in [0.717, 1.165) is 4.90 Å². The van der Waals surface area contributed by atoms with Gasteiger partial charge in [0, 0.05) is 6.20 Å². The molecular formula is C17H15FN4O3. The molecule has 1 aliphatic heterocycles. The lowest BCUT2D eigenvalue weighted by Crippen LogP contribution is -2.42. The largest absolute Gasteiger partial charge is 0.325 e. The van der Waals surface area contributed by atoms with Crippen molar-refractivity contribution in [3.8, 4) is 0 Å². The van der Waals surface area contributed by atoms with Crippen LogP contribution in [0.5, 0.6) is 0 Å². The highest BCUT2D eigenvalue weighted by Crippen LogP contribution is 2.28. The molecule has 0 saturated carbocycles. The number of halogens is 1. The van der Waals surface area contributed by atoms with E-state index in [1.807, 2.05) is 0 Å². The minimum atomic E-state index is -1.35. The van der Waals surface area contributed by atoms with Crippen LogP contribution in [-0.2, 0) is 15.1 Å². The average molecular weight is 342 g/mol. The predicted octanol–water partition coefficient (Wildman–Crippen LogP) is 1.63. The Morgan fingerprint density at radius 1 is 1.24 bits per heavy atom. The lowest BCUT2D eigenvalue weighted by atomic mass is 9.92. The van der Waals surface area contributed by atoms with Crippen LogP contribution in [0.25, 0.3) is 0 Å². The maximum Gasteiger partial charge on any atom is 0.325 e. The summed E-state index contributed by atoms with van der Waals surface area (Å²) in [6.07, 6.45) is 1.51. The van der Waals surface area contributed by atoms with Crippen LogP contribution in [0, 0.1) is 5.82 Å². The van der Waals surface area contributed by atoms with Crippen molar-refractivity contribution in [1.82, 2.24) is 15.2 Å². The summed E-state index contributed by atoms with van der Waals surface area (Å²) < 4.78 is 13.1. The maximum atomic E-state index is 13.1. The summed E-state index contributed by atoms with van der Waals surface area (Å²) in [5, 5.41) is 5.07. The molecule has 1 unspecified atom stereocenters. The molecule has 0 bridgehead atoms. The standard InChI is InChI=1S/C17H15FN4O3/c1-17(11-5-7-12(18)8-6-11)15(24)22(16(25)21-17)10-14(23)20-13-4-2-3-9-19-13/h2-9H,10H2,1H3,(H,21,25)(H,19,20,23). The van der Waals surface area contributed by atoms with E-state index >= 15 is 0 Å². The summed E-state index contributed by atoms with van der Waals surface area (Å²) >= 11 is 0. The third-order valence-electron chi connectivity index (χ3n) is 3.93. The number of anilines is 1. The lowest BCUT2D eigenvalue weighted by molar-refractivity contribution is -0.133. The number of carbonyl (C=O) groups is 3. The Kier molecular flexibility index (Phi) is 4.18. The van der Waals surface area contributed by atoms with E-state index in [1.165, 1.54) is 37.4 Å². The van der Waals surface area contributed by atoms with Gasteiger partial charge >= 0.3 is 6.03 Å². The highest BCUT2D eigenvalue weighted by Gasteiger charge is 2.49. The van der Waals surface area contributed by atoms with E-state index in [1.54, 1.807) is 18.2 Å².